The van der Waals surface area contributed by atoms with Crippen LogP contribution in [-0.4, -0.2) is 13.4 Å². The van der Waals surface area contributed by atoms with Crippen molar-refractivity contribution < 1.29 is 12.8 Å². The van der Waals surface area contributed by atoms with E-state index in [9.17, 15) is 8.42 Å². The Morgan fingerprint density at radius 2 is 1.95 bits per heavy atom. The first-order chi connectivity index (χ1) is 9.70. The molecule has 0 aliphatic rings. The van der Waals surface area contributed by atoms with E-state index >= 15 is 0 Å². The van der Waals surface area contributed by atoms with Gasteiger partial charge in [-0.2, -0.15) is 4.72 Å². The first kappa shape index (κ1) is 15.5. The van der Waals surface area contributed by atoms with Crippen LogP contribution in [0.1, 0.15) is 35.7 Å². The van der Waals surface area contributed by atoms with Crippen LogP contribution in [0.3, 0.4) is 0 Å². The first-order valence-corrected chi connectivity index (χ1v) is 8.00. The smallest absolute Gasteiger partial charge is 0.241 e. The second kappa shape index (κ2) is 5.50. The largest absolute Gasteiger partial charge is 0.444 e. The van der Waals surface area contributed by atoms with Gasteiger partial charge in [-0.3, -0.25) is 0 Å². The molecule has 3 N–H and O–H groups in total. The molecule has 0 aliphatic carbocycles. The fourth-order valence-corrected chi connectivity index (χ4v) is 3.61. The van der Waals surface area contributed by atoms with Crippen molar-refractivity contribution in [2.24, 2.45) is 0 Å². The average molecular weight is 309 g/mol. The van der Waals surface area contributed by atoms with E-state index in [1.54, 1.807) is 46.0 Å². The number of sulfonamides is 1. The Kier molecular flexibility index (Phi) is 4.06. The van der Waals surface area contributed by atoms with Crippen LogP contribution in [0.2, 0.25) is 0 Å². The van der Waals surface area contributed by atoms with Crippen molar-refractivity contribution in [3.05, 3.63) is 41.1 Å². The van der Waals surface area contributed by atoms with E-state index in [1.807, 2.05) is 0 Å². The minimum absolute atomic E-state index is 0.176. The van der Waals surface area contributed by atoms with Gasteiger partial charge in [0, 0.05) is 5.69 Å². The van der Waals surface area contributed by atoms with E-state index in [4.69, 9.17) is 10.2 Å². The van der Waals surface area contributed by atoms with Crippen molar-refractivity contribution in [1.82, 2.24) is 9.71 Å². The lowest BCUT2D eigenvalue weighted by molar-refractivity contribution is 0.427. The van der Waals surface area contributed by atoms with Crippen LogP contribution in [0.4, 0.5) is 5.69 Å². The molecule has 0 amide bonds. The zero-order chi connectivity index (χ0) is 15.8. The Bertz CT molecular complexity index is 766. The molecular weight excluding hydrogens is 290 g/mol. The minimum Gasteiger partial charge on any atom is -0.444 e. The lowest BCUT2D eigenvalue weighted by Gasteiger charge is -2.15. The molecule has 1 aromatic carbocycles. The summed E-state index contributed by atoms with van der Waals surface area (Å²) in [5.41, 5.74) is 7.62. The fourth-order valence-electron chi connectivity index (χ4n) is 2.05. The van der Waals surface area contributed by atoms with Gasteiger partial charge < -0.3 is 10.2 Å². The molecule has 2 rings (SSSR count). The van der Waals surface area contributed by atoms with Crippen molar-refractivity contribution in [2.75, 3.05) is 5.73 Å². The van der Waals surface area contributed by atoms with Gasteiger partial charge in [0.05, 0.1) is 17.1 Å². The normalized spacial score (nSPS) is 13.3. The molecule has 6 nitrogen and oxygen atoms in total. The Labute approximate surface area is 124 Å². The Balaban J connectivity index is 2.35. The second-order valence-electron chi connectivity index (χ2n) is 5.13. The number of nitrogens with two attached hydrogens (primary N) is 1. The van der Waals surface area contributed by atoms with Gasteiger partial charge in [0.25, 0.3) is 0 Å². The zero-order valence-corrected chi connectivity index (χ0v) is 13.3. The molecule has 0 aliphatic heterocycles. The number of oxazole rings is 1. The van der Waals surface area contributed by atoms with Crippen LogP contribution in [0.15, 0.2) is 27.6 Å². The predicted octanol–water partition coefficient (Wildman–Crippen LogP) is 2.22. The molecule has 0 spiro atoms. The van der Waals surface area contributed by atoms with Crippen molar-refractivity contribution >= 4 is 15.7 Å². The van der Waals surface area contributed by atoms with E-state index in [1.165, 1.54) is 0 Å². The van der Waals surface area contributed by atoms with Crippen molar-refractivity contribution in [3.63, 3.8) is 0 Å². The molecule has 1 heterocycles. The van der Waals surface area contributed by atoms with Crippen LogP contribution in [0.5, 0.6) is 0 Å². The highest BCUT2D eigenvalue weighted by Crippen LogP contribution is 2.24. The second-order valence-corrected chi connectivity index (χ2v) is 6.81. The lowest BCUT2D eigenvalue weighted by Crippen LogP contribution is -2.28. The Hall–Kier alpha value is -1.86. The molecule has 1 atom stereocenters. The monoisotopic (exact) mass is 309 g/mol. The van der Waals surface area contributed by atoms with E-state index < -0.39 is 16.1 Å². The number of anilines is 1. The molecular formula is C14H19N3O3S. The number of hydrogen-bond acceptors (Lipinski definition) is 5. The molecule has 7 heteroatoms. The summed E-state index contributed by atoms with van der Waals surface area (Å²) in [6.07, 6.45) is 1.55. The number of rotatable bonds is 4. The average Bonchev–Trinajstić information content (AvgIpc) is 2.80. The van der Waals surface area contributed by atoms with Crippen LogP contribution >= 0.6 is 0 Å². The highest BCUT2D eigenvalue weighted by atomic mass is 32.2. The van der Waals surface area contributed by atoms with E-state index in [2.05, 4.69) is 9.71 Å². The standard InChI is InChI=1S/C14H19N3O3S/c1-8-5-12(15)10(3)13(6-8)21(18,19)17-11(4)14-16-7-9(2)20-14/h5-7,11,17H,15H2,1-4H3. The summed E-state index contributed by atoms with van der Waals surface area (Å²) in [5.74, 6) is 0.960. The third kappa shape index (κ3) is 3.25. The van der Waals surface area contributed by atoms with Gasteiger partial charge in [0.1, 0.15) is 5.76 Å². The molecule has 0 bridgehead atoms. The van der Waals surface area contributed by atoms with Gasteiger partial charge in [0.2, 0.25) is 15.9 Å². The third-order valence-electron chi connectivity index (χ3n) is 3.18. The summed E-state index contributed by atoms with van der Waals surface area (Å²) >= 11 is 0. The molecule has 0 saturated heterocycles. The lowest BCUT2D eigenvalue weighted by atomic mass is 10.1. The molecule has 1 unspecified atom stereocenters. The first-order valence-electron chi connectivity index (χ1n) is 6.52. The molecule has 0 fully saturated rings. The molecule has 2 aromatic rings. The van der Waals surface area contributed by atoms with Crippen molar-refractivity contribution in [3.8, 4) is 0 Å². The summed E-state index contributed by atoms with van der Waals surface area (Å²) < 4.78 is 32.9. The topological polar surface area (TPSA) is 98.2 Å². The quantitative estimate of drug-likeness (QED) is 0.844. The maximum atomic E-state index is 12.5. The summed E-state index contributed by atoms with van der Waals surface area (Å²) in [4.78, 5) is 4.21. The summed E-state index contributed by atoms with van der Waals surface area (Å²) in [7, 11) is -3.70. The number of benzene rings is 1. The number of nitrogen functional groups attached to an aromatic ring is 1. The highest BCUT2D eigenvalue weighted by molar-refractivity contribution is 7.89. The molecule has 21 heavy (non-hydrogen) atoms. The van der Waals surface area contributed by atoms with Crippen molar-refractivity contribution in [2.45, 2.75) is 38.6 Å². The SMILES string of the molecule is Cc1cc(N)c(C)c(S(=O)(=O)NC(C)c2ncc(C)o2)c1. The van der Waals surface area contributed by atoms with Gasteiger partial charge >= 0.3 is 0 Å². The fraction of sp³-hybridized carbons (Fsp3) is 0.357. The van der Waals surface area contributed by atoms with Crippen molar-refractivity contribution in [1.29, 1.82) is 0 Å². The zero-order valence-electron chi connectivity index (χ0n) is 12.5. The maximum Gasteiger partial charge on any atom is 0.241 e. The molecule has 0 saturated carbocycles. The summed E-state index contributed by atoms with van der Waals surface area (Å²) in [6.45, 7) is 6.92. The predicted molar refractivity (Wildman–Crippen MR) is 80.3 cm³/mol. The minimum atomic E-state index is -3.70. The number of aryl methyl sites for hydroxylation is 2. The van der Waals surface area contributed by atoms with E-state index in [0.717, 1.165) is 5.56 Å². The molecule has 114 valence electrons. The van der Waals surface area contributed by atoms with Crippen LogP contribution in [-0.2, 0) is 10.0 Å². The van der Waals surface area contributed by atoms with Gasteiger partial charge in [-0.25, -0.2) is 13.4 Å². The van der Waals surface area contributed by atoms with Crippen LogP contribution < -0.4 is 10.5 Å². The van der Waals surface area contributed by atoms with Gasteiger partial charge in [0.15, 0.2) is 0 Å². The Morgan fingerprint density at radius 1 is 1.29 bits per heavy atom. The highest BCUT2D eigenvalue weighted by Gasteiger charge is 2.23. The maximum absolute atomic E-state index is 12.5. The van der Waals surface area contributed by atoms with Gasteiger partial charge in [-0.15, -0.1) is 0 Å². The summed E-state index contributed by atoms with van der Waals surface area (Å²) in [5, 5.41) is 0. The number of aromatic nitrogens is 1. The van der Waals surface area contributed by atoms with Gasteiger partial charge in [-0.05, 0) is 51.0 Å². The molecule has 1 aromatic heterocycles. The molecule has 0 radical (unpaired) electrons. The number of hydrogen-bond donors (Lipinski definition) is 2. The number of nitrogens with zero attached hydrogens (tertiary/aromatic N) is 1. The number of nitrogens with one attached hydrogen (secondary N) is 1. The van der Waals surface area contributed by atoms with Crippen LogP contribution in [0.25, 0.3) is 0 Å². The summed E-state index contributed by atoms with van der Waals surface area (Å²) in [6, 6.07) is 2.78. The third-order valence-corrected chi connectivity index (χ3v) is 4.84. The van der Waals surface area contributed by atoms with E-state index in [0.29, 0.717) is 22.9 Å². The van der Waals surface area contributed by atoms with Gasteiger partial charge in [-0.1, -0.05) is 0 Å². The Morgan fingerprint density at radius 3 is 2.52 bits per heavy atom. The van der Waals surface area contributed by atoms with Crippen LogP contribution in [0, 0.1) is 20.8 Å². The van der Waals surface area contributed by atoms with E-state index in [-0.39, 0.29) is 4.90 Å².